The fourth-order valence-electron chi connectivity index (χ4n) is 2.30. The van der Waals surface area contributed by atoms with Crippen LogP contribution < -0.4 is 11.1 Å². The highest BCUT2D eigenvalue weighted by atomic mass is 16.2. The van der Waals surface area contributed by atoms with Crippen molar-refractivity contribution in [3.63, 3.8) is 0 Å². The minimum absolute atomic E-state index is 0.142. The molecule has 1 aliphatic carbocycles. The molecular formula is C11H15N3O4. The Kier molecular flexibility index (Phi) is 2.46. The first kappa shape index (κ1) is 12.5. The van der Waals surface area contributed by atoms with Gasteiger partial charge in [0.1, 0.15) is 5.41 Å². The zero-order valence-electron chi connectivity index (χ0n) is 10.3. The third-order valence-corrected chi connectivity index (χ3v) is 3.43. The highest BCUT2D eigenvalue weighted by Crippen LogP contribution is 2.50. The molecule has 0 unspecified atom stereocenters. The summed E-state index contributed by atoms with van der Waals surface area (Å²) in [5.74, 6) is -1.67. The monoisotopic (exact) mass is 253 g/mol. The van der Waals surface area contributed by atoms with E-state index in [2.05, 4.69) is 5.32 Å². The highest BCUT2D eigenvalue weighted by molar-refractivity contribution is 6.21. The van der Waals surface area contributed by atoms with E-state index in [-0.39, 0.29) is 6.42 Å². The fourth-order valence-corrected chi connectivity index (χ4v) is 2.30. The lowest BCUT2D eigenvalue weighted by Gasteiger charge is -2.40. The van der Waals surface area contributed by atoms with E-state index in [9.17, 15) is 19.2 Å². The number of nitrogens with one attached hydrogen (secondary N) is 1. The Morgan fingerprint density at radius 1 is 1.39 bits per heavy atom. The number of barbiturate groups is 1. The lowest BCUT2D eigenvalue weighted by Crippen LogP contribution is -2.65. The van der Waals surface area contributed by atoms with Gasteiger partial charge < -0.3 is 5.73 Å². The van der Waals surface area contributed by atoms with Gasteiger partial charge in [-0.25, -0.2) is 4.79 Å². The average Bonchev–Trinajstić information content (AvgIpc) is 2.92. The SMILES string of the molecule is CC(C)(CC(N)=O)N1C(=O)NC(=O)C2(CC2)C1=O. The molecule has 7 nitrogen and oxygen atoms in total. The number of carbonyl (C=O) groups excluding carboxylic acids is 4. The molecule has 1 saturated heterocycles. The average molecular weight is 253 g/mol. The van der Waals surface area contributed by atoms with Crippen LogP contribution in [-0.2, 0) is 14.4 Å². The molecular weight excluding hydrogens is 238 g/mol. The number of imide groups is 2. The second kappa shape index (κ2) is 3.54. The Hall–Kier alpha value is -1.92. The van der Waals surface area contributed by atoms with Gasteiger partial charge in [0, 0.05) is 6.42 Å². The van der Waals surface area contributed by atoms with E-state index in [1.807, 2.05) is 0 Å². The second-order valence-electron chi connectivity index (χ2n) is 5.44. The third-order valence-electron chi connectivity index (χ3n) is 3.43. The molecule has 98 valence electrons. The van der Waals surface area contributed by atoms with Crippen LogP contribution in [0.5, 0.6) is 0 Å². The molecule has 0 aromatic heterocycles. The van der Waals surface area contributed by atoms with Crippen LogP contribution in [0, 0.1) is 5.41 Å². The predicted molar refractivity (Wildman–Crippen MR) is 59.9 cm³/mol. The minimum atomic E-state index is -1.09. The molecule has 7 heteroatoms. The quantitative estimate of drug-likeness (QED) is 0.660. The molecule has 3 N–H and O–H groups in total. The normalized spacial score (nSPS) is 22.1. The van der Waals surface area contributed by atoms with E-state index in [1.165, 1.54) is 0 Å². The summed E-state index contributed by atoms with van der Waals surface area (Å²) in [6.45, 7) is 3.14. The first-order valence-electron chi connectivity index (χ1n) is 5.69. The van der Waals surface area contributed by atoms with Crippen molar-refractivity contribution >= 4 is 23.8 Å². The lowest BCUT2D eigenvalue weighted by atomic mass is 9.92. The Bertz CT molecular complexity index is 465. The van der Waals surface area contributed by atoms with Crippen LogP contribution in [0.2, 0.25) is 0 Å². The molecule has 5 amide bonds. The van der Waals surface area contributed by atoms with E-state index in [4.69, 9.17) is 5.73 Å². The van der Waals surface area contributed by atoms with Crippen LogP contribution in [-0.4, -0.2) is 34.2 Å². The molecule has 1 spiro atoms. The number of carbonyl (C=O) groups is 4. The molecule has 2 rings (SSSR count). The van der Waals surface area contributed by atoms with E-state index in [0.717, 1.165) is 4.90 Å². The maximum atomic E-state index is 12.3. The standard InChI is InChI=1S/C11H15N3O4/c1-10(2,5-6(12)15)14-8(17)11(3-4-11)7(16)13-9(14)18/h3-5H2,1-2H3,(H2,12,15)(H,13,16,18). The fraction of sp³-hybridized carbons (Fsp3) is 0.636. The van der Waals surface area contributed by atoms with Crippen LogP contribution in [0.1, 0.15) is 33.1 Å². The summed E-state index contributed by atoms with van der Waals surface area (Å²) >= 11 is 0. The summed E-state index contributed by atoms with van der Waals surface area (Å²) in [4.78, 5) is 47.6. The van der Waals surface area contributed by atoms with Crippen LogP contribution in [0.25, 0.3) is 0 Å². The van der Waals surface area contributed by atoms with Gasteiger partial charge in [-0.05, 0) is 26.7 Å². The molecule has 0 bridgehead atoms. The topological polar surface area (TPSA) is 110 Å². The minimum Gasteiger partial charge on any atom is -0.370 e. The van der Waals surface area contributed by atoms with Gasteiger partial charge in [0.05, 0.1) is 5.54 Å². The van der Waals surface area contributed by atoms with Crippen molar-refractivity contribution in [3.05, 3.63) is 0 Å². The van der Waals surface area contributed by atoms with Crippen LogP contribution in [0.4, 0.5) is 4.79 Å². The van der Waals surface area contributed by atoms with Gasteiger partial charge in [0.15, 0.2) is 0 Å². The molecule has 0 atom stereocenters. The molecule has 0 aromatic rings. The molecule has 1 aliphatic heterocycles. The summed E-state index contributed by atoms with van der Waals surface area (Å²) < 4.78 is 0. The molecule has 18 heavy (non-hydrogen) atoms. The number of hydrogen-bond donors (Lipinski definition) is 2. The highest BCUT2D eigenvalue weighted by Gasteiger charge is 2.64. The molecule has 0 radical (unpaired) electrons. The second-order valence-corrected chi connectivity index (χ2v) is 5.44. The van der Waals surface area contributed by atoms with Crippen molar-refractivity contribution in [1.29, 1.82) is 0 Å². The lowest BCUT2D eigenvalue weighted by molar-refractivity contribution is -0.148. The van der Waals surface area contributed by atoms with E-state index < -0.39 is 34.7 Å². The third kappa shape index (κ3) is 1.66. The van der Waals surface area contributed by atoms with Crippen LogP contribution >= 0.6 is 0 Å². The molecule has 2 aliphatic rings. The molecule has 1 saturated carbocycles. The van der Waals surface area contributed by atoms with Crippen LogP contribution in [0.3, 0.4) is 0 Å². The van der Waals surface area contributed by atoms with Crippen molar-refractivity contribution in [2.45, 2.75) is 38.6 Å². The zero-order chi connectivity index (χ0) is 13.7. The smallest absolute Gasteiger partial charge is 0.331 e. The maximum absolute atomic E-state index is 12.3. The van der Waals surface area contributed by atoms with Gasteiger partial charge in [-0.3, -0.25) is 24.6 Å². The number of amides is 5. The first-order valence-corrected chi connectivity index (χ1v) is 5.69. The van der Waals surface area contributed by atoms with Gasteiger partial charge in [0.2, 0.25) is 17.7 Å². The predicted octanol–water partition coefficient (Wildman–Crippen LogP) is -0.501. The Labute approximate surface area is 104 Å². The van der Waals surface area contributed by atoms with E-state index in [1.54, 1.807) is 13.8 Å². The van der Waals surface area contributed by atoms with Gasteiger partial charge in [-0.2, -0.15) is 0 Å². The van der Waals surface area contributed by atoms with E-state index >= 15 is 0 Å². The van der Waals surface area contributed by atoms with Crippen molar-refractivity contribution in [3.8, 4) is 0 Å². The van der Waals surface area contributed by atoms with Crippen molar-refractivity contribution in [2.24, 2.45) is 11.1 Å². The van der Waals surface area contributed by atoms with Gasteiger partial charge in [-0.15, -0.1) is 0 Å². The summed E-state index contributed by atoms with van der Waals surface area (Å²) in [5, 5.41) is 2.17. The zero-order valence-corrected chi connectivity index (χ0v) is 10.3. The van der Waals surface area contributed by atoms with Crippen LogP contribution in [0.15, 0.2) is 0 Å². The van der Waals surface area contributed by atoms with Crippen molar-refractivity contribution in [1.82, 2.24) is 10.2 Å². The van der Waals surface area contributed by atoms with Gasteiger partial charge >= 0.3 is 6.03 Å². The molecule has 1 heterocycles. The number of nitrogens with two attached hydrogens (primary N) is 1. The number of nitrogens with zero attached hydrogens (tertiary/aromatic N) is 1. The van der Waals surface area contributed by atoms with Crippen molar-refractivity contribution in [2.75, 3.05) is 0 Å². The van der Waals surface area contributed by atoms with E-state index in [0.29, 0.717) is 12.8 Å². The Balaban J connectivity index is 2.32. The summed E-state index contributed by atoms with van der Waals surface area (Å²) in [7, 11) is 0. The first-order chi connectivity index (χ1) is 8.20. The number of primary amides is 1. The van der Waals surface area contributed by atoms with Gasteiger partial charge in [-0.1, -0.05) is 0 Å². The van der Waals surface area contributed by atoms with Gasteiger partial charge in [0.25, 0.3) is 0 Å². The largest absolute Gasteiger partial charge is 0.370 e. The Morgan fingerprint density at radius 2 is 1.94 bits per heavy atom. The summed E-state index contributed by atoms with van der Waals surface area (Å²) in [6.07, 6.45) is 0.735. The molecule has 0 aromatic carbocycles. The van der Waals surface area contributed by atoms with Crippen molar-refractivity contribution < 1.29 is 19.2 Å². The number of urea groups is 1. The summed E-state index contributed by atoms with van der Waals surface area (Å²) in [6, 6.07) is -0.784. The Morgan fingerprint density at radius 3 is 2.39 bits per heavy atom. The summed E-state index contributed by atoms with van der Waals surface area (Å²) in [5.41, 5.74) is 2.98. The number of hydrogen-bond acceptors (Lipinski definition) is 4. The maximum Gasteiger partial charge on any atom is 0.331 e. The number of rotatable bonds is 3. The molecule has 2 fully saturated rings.